The molecular formula is C11H13NO2. The van der Waals surface area contributed by atoms with E-state index in [0.717, 1.165) is 30.6 Å². The van der Waals surface area contributed by atoms with Crippen LogP contribution in [0.5, 0.6) is 0 Å². The second-order valence-corrected chi connectivity index (χ2v) is 3.56. The maximum atomic E-state index is 11.6. The van der Waals surface area contributed by atoms with Crippen LogP contribution in [0.15, 0.2) is 16.9 Å². The molecule has 1 aliphatic rings. The smallest absolute Gasteiger partial charge is 0.250 e. The Morgan fingerprint density at radius 2 is 2.29 bits per heavy atom. The number of hydrogen-bond acceptors (Lipinski definition) is 2. The molecule has 2 rings (SSSR count). The Kier molecular flexibility index (Phi) is 2.23. The zero-order chi connectivity index (χ0) is 10.1. The van der Waals surface area contributed by atoms with Gasteiger partial charge in [0.2, 0.25) is 0 Å². The number of nitrogens with zero attached hydrogens (tertiary/aromatic N) is 1. The highest BCUT2D eigenvalue weighted by Gasteiger charge is 2.18. The molecule has 1 aromatic rings. The Hall–Kier alpha value is -1.38. The van der Waals surface area contributed by atoms with Gasteiger partial charge < -0.3 is 4.57 Å². The van der Waals surface area contributed by atoms with E-state index in [1.54, 1.807) is 10.6 Å². The fourth-order valence-corrected chi connectivity index (χ4v) is 1.98. The van der Waals surface area contributed by atoms with Crippen molar-refractivity contribution >= 4 is 5.78 Å². The van der Waals surface area contributed by atoms with Crippen LogP contribution in [0.1, 0.15) is 35.8 Å². The first kappa shape index (κ1) is 9.19. The third-order valence-corrected chi connectivity index (χ3v) is 2.71. The minimum absolute atomic E-state index is 0.0187. The maximum absolute atomic E-state index is 11.6. The van der Waals surface area contributed by atoms with Gasteiger partial charge in [-0.2, -0.15) is 0 Å². The van der Waals surface area contributed by atoms with E-state index < -0.39 is 0 Å². The number of rotatable bonds is 2. The number of carbonyl (C=O) groups excluding carboxylic acids is 1. The molecule has 0 N–H and O–H groups in total. The van der Waals surface area contributed by atoms with Gasteiger partial charge in [0.25, 0.3) is 5.56 Å². The van der Waals surface area contributed by atoms with E-state index in [9.17, 15) is 9.59 Å². The molecule has 1 aromatic heterocycles. The minimum Gasteiger partial charge on any atom is -0.312 e. The topological polar surface area (TPSA) is 39.1 Å². The lowest BCUT2D eigenvalue weighted by molar-refractivity contribution is 0.0986. The number of Topliss-reactive ketones (excluding diaryl/α,β-unsaturated/α-hetero) is 1. The van der Waals surface area contributed by atoms with Crippen LogP contribution >= 0.6 is 0 Å². The van der Waals surface area contributed by atoms with Gasteiger partial charge in [-0.05, 0) is 18.9 Å². The van der Waals surface area contributed by atoms with Crippen LogP contribution in [0.25, 0.3) is 0 Å². The third kappa shape index (κ3) is 1.29. The number of carbonyl (C=O) groups is 1. The van der Waals surface area contributed by atoms with Crippen LogP contribution in [0.2, 0.25) is 0 Å². The van der Waals surface area contributed by atoms with Crippen LogP contribution in [0, 0.1) is 0 Å². The van der Waals surface area contributed by atoms with Crippen molar-refractivity contribution in [1.29, 1.82) is 0 Å². The summed E-state index contributed by atoms with van der Waals surface area (Å²) in [6.45, 7) is 2.61. The Bertz CT molecular complexity index is 431. The molecule has 14 heavy (non-hydrogen) atoms. The standard InChI is InChI=1S/C11H13NO2/c1-2-10(13)8-5-6-11(14)12-7-3-4-9(8)12/h5-6H,2-4,7H2,1H3. The second kappa shape index (κ2) is 3.40. The van der Waals surface area contributed by atoms with Crippen molar-refractivity contribution in [2.45, 2.75) is 32.7 Å². The molecule has 0 aromatic carbocycles. The molecule has 2 heterocycles. The molecule has 0 radical (unpaired) electrons. The van der Waals surface area contributed by atoms with Gasteiger partial charge >= 0.3 is 0 Å². The summed E-state index contributed by atoms with van der Waals surface area (Å²) in [7, 11) is 0. The first-order chi connectivity index (χ1) is 6.74. The molecule has 0 spiro atoms. The van der Waals surface area contributed by atoms with Gasteiger partial charge in [-0.3, -0.25) is 9.59 Å². The molecule has 1 aliphatic heterocycles. The van der Waals surface area contributed by atoms with E-state index in [1.807, 2.05) is 6.92 Å². The van der Waals surface area contributed by atoms with E-state index >= 15 is 0 Å². The lowest BCUT2D eigenvalue weighted by Crippen LogP contribution is -2.20. The van der Waals surface area contributed by atoms with Crippen LogP contribution in [0.4, 0.5) is 0 Å². The highest BCUT2D eigenvalue weighted by Crippen LogP contribution is 2.17. The second-order valence-electron chi connectivity index (χ2n) is 3.56. The largest absolute Gasteiger partial charge is 0.312 e. The van der Waals surface area contributed by atoms with Crippen LogP contribution in [-0.4, -0.2) is 10.4 Å². The maximum Gasteiger partial charge on any atom is 0.250 e. The molecular weight excluding hydrogens is 178 g/mol. The van der Waals surface area contributed by atoms with Crippen LogP contribution in [0.3, 0.4) is 0 Å². The van der Waals surface area contributed by atoms with Gasteiger partial charge in [-0.15, -0.1) is 0 Å². The lowest BCUT2D eigenvalue weighted by Gasteiger charge is -2.06. The number of hydrogen-bond donors (Lipinski definition) is 0. The number of aromatic nitrogens is 1. The Morgan fingerprint density at radius 1 is 1.50 bits per heavy atom. The van der Waals surface area contributed by atoms with Gasteiger partial charge in [0, 0.05) is 30.3 Å². The Balaban J connectivity index is 2.59. The summed E-state index contributed by atoms with van der Waals surface area (Å²) in [6.07, 6.45) is 2.34. The zero-order valence-corrected chi connectivity index (χ0v) is 8.25. The molecule has 74 valence electrons. The summed E-state index contributed by atoms with van der Waals surface area (Å²) < 4.78 is 1.73. The van der Waals surface area contributed by atoms with Gasteiger partial charge in [0.1, 0.15) is 0 Å². The van der Waals surface area contributed by atoms with Crippen molar-refractivity contribution in [3.63, 3.8) is 0 Å². The molecule has 0 atom stereocenters. The predicted molar refractivity (Wildman–Crippen MR) is 53.6 cm³/mol. The summed E-state index contributed by atoms with van der Waals surface area (Å²) >= 11 is 0. The van der Waals surface area contributed by atoms with E-state index in [1.165, 1.54) is 6.07 Å². The first-order valence-corrected chi connectivity index (χ1v) is 5.00. The molecule has 0 bridgehead atoms. The number of fused-ring (bicyclic) bond motifs is 1. The minimum atomic E-state index is 0.0187. The zero-order valence-electron chi connectivity index (χ0n) is 8.25. The molecule has 3 heteroatoms. The summed E-state index contributed by atoms with van der Waals surface area (Å²) in [5.41, 5.74) is 1.69. The van der Waals surface area contributed by atoms with Crippen molar-refractivity contribution in [3.05, 3.63) is 33.7 Å². The lowest BCUT2D eigenvalue weighted by atomic mass is 10.1. The molecule has 0 unspecified atom stereocenters. The van der Waals surface area contributed by atoms with Crippen molar-refractivity contribution in [2.24, 2.45) is 0 Å². The van der Waals surface area contributed by atoms with E-state index in [4.69, 9.17) is 0 Å². The van der Waals surface area contributed by atoms with Gasteiger partial charge in [-0.25, -0.2) is 0 Å². The SMILES string of the molecule is CCC(=O)c1ccc(=O)n2c1CCC2. The molecule has 0 saturated carbocycles. The molecule has 0 saturated heterocycles. The average Bonchev–Trinajstić information content (AvgIpc) is 2.67. The van der Waals surface area contributed by atoms with Gasteiger partial charge in [-0.1, -0.05) is 6.92 Å². The summed E-state index contributed by atoms with van der Waals surface area (Å²) in [5.74, 6) is 0.135. The normalized spacial score (nSPS) is 14.1. The van der Waals surface area contributed by atoms with Crippen molar-refractivity contribution in [1.82, 2.24) is 4.57 Å². The van der Waals surface area contributed by atoms with Crippen molar-refractivity contribution < 1.29 is 4.79 Å². The molecule has 0 amide bonds. The number of pyridine rings is 1. The first-order valence-electron chi connectivity index (χ1n) is 5.00. The molecule has 0 fully saturated rings. The Morgan fingerprint density at radius 3 is 3.00 bits per heavy atom. The highest BCUT2D eigenvalue weighted by atomic mass is 16.1. The van der Waals surface area contributed by atoms with E-state index in [-0.39, 0.29) is 11.3 Å². The Labute approximate surface area is 82.4 Å². The molecule has 3 nitrogen and oxygen atoms in total. The van der Waals surface area contributed by atoms with Crippen molar-refractivity contribution in [2.75, 3.05) is 0 Å². The predicted octanol–water partition coefficient (Wildman–Crippen LogP) is 1.39. The monoisotopic (exact) mass is 191 g/mol. The fraction of sp³-hybridized carbons (Fsp3) is 0.455. The third-order valence-electron chi connectivity index (χ3n) is 2.71. The van der Waals surface area contributed by atoms with Crippen molar-refractivity contribution in [3.8, 4) is 0 Å². The highest BCUT2D eigenvalue weighted by molar-refractivity contribution is 5.96. The quantitative estimate of drug-likeness (QED) is 0.662. The van der Waals surface area contributed by atoms with E-state index in [2.05, 4.69) is 0 Å². The number of ketones is 1. The summed E-state index contributed by atoms with van der Waals surface area (Å²) in [6, 6.07) is 3.17. The van der Waals surface area contributed by atoms with Gasteiger partial charge in [0.05, 0.1) is 0 Å². The van der Waals surface area contributed by atoms with Gasteiger partial charge in [0.15, 0.2) is 5.78 Å². The average molecular weight is 191 g/mol. The van der Waals surface area contributed by atoms with Crippen LogP contribution in [-0.2, 0) is 13.0 Å². The van der Waals surface area contributed by atoms with Crippen LogP contribution < -0.4 is 5.56 Å². The summed E-state index contributed by atoms with van der Waals surface area (Å²) in [4.78, 5) is 23.0. The van der Waals surface area contributed by atoms with E-state index in [0.29, 0.717) is 6.42 Å². The molecule has 0 aliphatic carbocycles. The fourth-order valence-electron chi connectivity index (χ4n) is 1.98. The summed E-state index contributed by atoms with van der Waals surface area (Å²) in [5, 5.41) is 0.